The molecular formula is C14H20N2O2S. The lowest BCUT2D eigenvalue weighted by molar-refractivity contribution is 0.0365. The topological polar surface area (TPSA) is 37.6 Å². The Bertz CT molecular complexity index is 555. The summed E-state index contributed by atoms with van der Waals surface area (Å²) in [7, 11) is 0. The van der Waals surface area contributed by atoms with Crippen molar-refractivity contribution in [1.82, 2.24) is 9.47 Å². The van der Waals surface area contributed by atoms with Gasteiger partial charge in [0, 0.05) is 42.1 Å². The standard InChI is InChI=1S/C14H20N2O2S/c1-11-8-12-9-13(10-17)19-14(12)16(11)3-2-15-4-6-18-7-5-15/h8-9,17H,2-7,10H2,1H3. The van der Waals surface area contributed by atoms with Crippen LogP contribution in [-0.2, 0) is 17.9 Å². The zero-order valence-corrected chi connectivity index (χ0v) is 12.1. The third kappa shape index (κ3) is 2.69. The van der Waals surface area contributed by atoms with Gasteiger partial charge in [0.15, 0.2) is 0 Å². The van der Waals surface area contributed by atoms with Gasteiger partial charge in [-0.15, -0.1) is 11.3 Å². The van der Waals surface area contributed by atoms with E-state index in [-0.39, 0.29) is 6.61 Å². The van der Waals surface area contributed by atoms with Crippen LogP contribution in [0, 0.1) is 6.92 Å². The van der Waals surface area contributed by atoms with Crippen LogP contribution in [0.15, 0.2) is 12.1 Å². The van der Waals surface area contributed by atoms with Gasteiger partial charge in [0.1, 0.15) is 4.83 Å². The average molecular weight is 280 g/mol. The number of ether oxygens (including phenoxy) is 1. The maximum absolute atomic E-state index is 9.23. The lowest BCUT2D eigenvalue weighted by Crippen LogP contribution is -2.38. The lowest BCUT2D eigenvalue weighted by atomic mass is 10.3. The number of rotatable bonds is 4. The number of aliphatic hydroxyl groups is 1. The molecule has 4 nitrogen and oxygen atoms in total. The Morgan fingerprint density at radius 3 is 2.79 bits per heavy atom. The fourth-order valence-corrected chi connectivity index (χ4v) is 3.73. The largest absolute Gasteiger partial charge is 0.391 e. The molecule has 0 atom stereocenters. The molecule has 2 aromatic heterocycles. The number of hydrogen-bond donors (Lipinski definition) is 1. The van der Waals surface area contributed by atoms with Crippen LogP contribution >= 0.6 is 11.3 Å². The van der Waals surface area contributed by atoms with Crippen LogP contribution in [0.4, 0.5) is 0 Å². The molecule has 0 radical (unpaired) electrons. The number of morpholine rings is 1. The first-order valence-electron chi connectivity index (χ1n) is 6.77. The van der Waals surface area contributed by atoms with Gasteiger partial charge in [-0.1, -0.05) is 0 Å². The highest BCUT2D eigenvalue weighted by molar-refractivity contribution is 7.18. The predicted octanol–water partition coefficient (Wildman–Crippen LogP) is 1.84. The maximum atomic E-state index is 9.23. The second-order valence-electron chi connectivity index (χ2n) is 5.02. The molecular weight excluding hydrogens is 260 g/mol. The quantitative estimate of drug-likeness (QED) is 0.928. The molecule has 104 valence electrons. The molecule has 0 spiro atoms. The number of aryl methyl sites for hydroxylation is 1. The summed E-state index contributed by atoms with van der Waals surface area (Å²) in [6.07, 6.45) is 0. The van der Waals surface area contributed by atoms with E-state index < -0.39 is 0 Å². The van der Waals surface area contributed by atoms with Crippen LogP contribution in [0.25, 0.3) is 10.2 Å². The van der Waals surface area contributed by atoms with Crippen LogP contribution in [0.5, 0.6) is 0 Å². The van der Waals surface area contributed by atoms with Crippen molar-refractivity contribution in [2.45, 2.75) is 20.1 Å². The van der Waals surface area contributed by atoms with Crippen molar-refractivity contribution >= 4 is 21.6 Å². The van der Waals surface area contributed by atoms with Crippen molar-refractivity contribution in [2.24, 2.45) is 0 Å². The van der Waals surface area contributed by atoms with E-state index in [0.717, 1.165) is 44.3 Å². The van der Waals surface area contributed by atoms with E-state index in [1.165, 1.54) is 15.9 Å². The molecule has 3 heterocycles. The zero-order chi connectivity index (χ0) is 13.2. The Hall–Kier alpha value is -0.880. The molecule has 0 aromatic carbocycles. The normalized spacial score (nSPS) is 17.4. The molecule has 1 N–H and O–H groups in total. The highest BCUT2D eigenvalue weighted by Gasteiger charge is 2.13. The third-order valence-corrected chi connectivity index (χ3v) is 4.88. The van der Waals surface area contributed by atoms with Crippen molar-refractivity contribution in [3.63, 3.8) is 0 Å². The lowest BCUT2D eigenvalue weighted by Gasteiger charge is -2.26. The van der Waals surface area contributed by atoms with Crippen molar-refractivity contribution in [3.8, 4) is 0 Å². The fourth-order valence-electron chi connectivity index (χ4n) is 2.65. The second-order valence-corrected chi connectivity index (χ2v) is 6.14. The van der Waals surface area contributed by atoms with E-state index in [1.807, 2.05) is 0 Å². The molecule has 19 heavy (non-hydrogen) atoms. The minimum atomic E-state index is 0.141. The van der Waals surface area contributed by atoms with Crippen LogP contribution in [0.1, 0.15) is 10.6 Å². The van der Waals surface area contributed by atoms with Crippen LogP contribution in [-0.4, -0.2) is 47.4 Å². The van der Waals surface area contributed by atoms with Crippen molar-refractivity contribution < 1.29 is 9.84 Å². The summed E-state index contributed by atoms with van der Waals surface area (Å²) in [5, 5.41) is 10.5. The summed E-state index contributed by atoms with van der Waals surface area (Å²) in [4.78, 5) is 4.79. The first-order chi connectivity index (χ1) is 9.28. The molecule has 0 saturated carbocycles. The summed E-state index contributed by atoms with van der Waals surface area (Å²) < 4.78 is 7.74. The highest BCUT2D eigenvalue weighted by Crippen LogP contribution is 2.29. The number of nitrogens with zero attached hydrogens (tertiary/aromatic N) is 2. The Morgan fingerprint density at radius 1 is 1.26 bits per heavy atom. The fraction of sp³-hybridized carbons (Fsp3) is 0.571. The van der Waals surface area contributed by atoms with E-state index in [2.05, 4.69) is 28.5 Å². The van der Waals surface area contributed by atoms with Gasteiger partial charge < -0.3 is 14.4 Å². The number of thiophene rings is 1. The van der Waals surface area contributed by atoms with Crippen molar-refractivity contribution in [2.75, 3.05) is 32.8 Å². The molecule has 3 rings (SSSR count). The molecule has 0 amide bonds. The minimum Gasteiger partial charge on any atom is -0.391 e. The smallest absolute Gasteiger partial charge is 0.103 e. The predicted molar refractivity (Wildman–Crippen MR) is 77.7 cm³/mol. The third-order valence-electron chi connectivity index (χ3n) is 3.73. The van der Waals surface area contributed by atoms with Gasteiger partial charge in [-0.3, -0.25) is 4.90 Å². The second kappa shape index (κ2) is 5.63. The Balaban J connectivity index is 1.75. The molecule has 2 aromatic rings. The SMILES string of the molecule is Cc1cc2cc(CO)sc2n1CCN1CCOCC1. The summed E-state index contributed by atoms with van der Waals surface area (Å²) in [5.74, 6) is 0. The summed E-state index contributed by atoms with van der Waals surface area (Å²) in [6, 6.07) is 4.31. The van der Waals surface area contributed by atoms with E-state index in [9.17, 15) is 5.11 Å². The highest BCUT2D eigenvalue weighted by atomic mass is 32.1. The van der Waals surface area contributed by atoms with Crippen LogP contribution < -0.4 is 0 Å². The monoisotopic (exact) mass is 280 g/mol. The van der Waals surface area contributed by atoms with Gasteiger partial charge in [0.25, 0.3) is 0 Å². The van der Waals surface area contributed by atoms with Crippen molar-refractivity contribution in [3.05, 3.63) is 22.7 Å². The van der Waals surface area contributed by atoms with Crippen LogP contribution in [0.3, 0.4) is 0 Å². The summed E-state index contributed by atoms with van der Waals surface area (Å²) >= 11 is 1.70. The van der Waals surface area contributed by atoms with Gasteiger partial charge in [0.05, 0.1) is 19.8 Å². The number of aromatic nitrogens is 1. The van der Waals surface area contributed by atoms with E-state index in [4.69, 9.17) is 4.74 Å². The van der Waals surface area contributed by atoms with Crippen LogP contribution in [0.2, 0.25) is 0 Å². The average Bonchev–Trinajstić information content (AvgIpc) is 2.94. The Kier molecular flexibility index (Phi) is 3.88. The molecule has 1 fully saturated rings. The molecule has 0 unspecified atom stereocenters. The molecule has 1 aliphatic heterocycles. The molecule has 5 heteroatoms. The van der Waals surface area contributed by atoms with Gasteiger partial charge in [-0.25, -0.2) is 0 Å². The molecule has 0 bridgehead atoms. The summed E-state index contributed by atoms with van der Waals surface area (Å²) in [6.45, 7) is 8.17. The first-order valence-corrected chi connectivity index (χ1v) is 7.59. The zero-order valence-electron chi connectivity index (χ0n) is 11.3. The first kappa shape index (κ1) is 13.1. The maximum Gasteiger partial charge on any atom is 0.103 e. The van der Waals surface area contributed by atoms with E-state index in [0.29, 0.717) is 0 Å². The number of aliphatic hydroxyl groups excluding tert-OH is 1. The van der Waals surface area contributed by atoms with Gasteiger partial charge in [-0.05, 0) is 19.1 Å². The molecule has 0 aliphatic carbocycles. The van der Waals surface area contributed by atoms with Gasteiger partial charge in [-0.2, -0.15) is 0 Å². The van der Waals surface area contributed by atoms with Crippen molar-refractivity contribution in [1.29, 1.82) is 0 Å². The number of hydrogen-bond acceptors (Lipinski definition) is 4. The van der Waals surface area contributed by atoms with Gasteiger partial charge >= 0.3 is 0 Å². The van der Waals surface area contributed by atoms with Gasteiger partial charge in [0.2, 0.25) is 0 Å². The molecule has 1 saturated heterocycles. The minimum absolute atomic E-state index is 0.141. The molecule has 1 aliphatic rings. The summed E-state index contributed by atoms with van der Waals surface area (Å²) in [5.41, 5.74) is 1.30. The Morgan fingerprint density at radius 2 is 2.05 bits per heavy atom. The number of fused-ring (bicyclic) bond motifs is 1. The Labute approximate surface area is 117 Å². The van der Waals surface area contributed by atoms with E-state index in [1.54, 1.807) is 11.3 Å². The van der Waals surface area contributed by atoms with E-state index >= 15 is 0 Å².